The van der Waals surface area contributed by atoms with Crippen LogP contribution in [0.1, 0.15) is 46.5 Å². The van der Waals surface area contributed by atoms with Gasteiger partial charge < -0.3 is 14.6 Å². The molecular weight excluding hydrogens is 300 g/mol. The highest BCUT2D eigenvalue weighted by Crippen LogP contribution is 2.33. The number of carbonyl (C=O) groups excluding carboxylic acids is 2. The van der Waals surface area contributed by atoms with Gasteiger partial charge in [-0.15, -0.1) is 0 Å². The van der Waals surface area contributed by atoms with Crippen molar-refractivity contribution in [3.05, 3.63) is 24.3 Å². The van der Waals surface area contributed by atoms with Crippen LogP contribution >= 0.6 is 0 Å². The quantitative estimate of drug-likeness (QED) is 0.464. The summed E-state index contributed by atoms with van der Waals surface area (Å²) in [4.78, 5) is 34.5. The molecule has 0 fully saturated rings. The topological polar surface area (TPSA) is 89.9 Å². The van der Waals surface area contributed by atoms with Crippen LogP contribution in [0.15, 0.2) is 24.3 Å². The Morgan fingerprint density at radius 2 is 1.30 bits per heavy atom. The second-order valence-corrected chi connectivity index (χ2v) is 5.67. The Labute approximate surface area is 137 Å². The first kappa shape index (κ1) is 20.9. The first-order chi connectivity index (χ1) is 10.7. The minimum atomic E-state index is -1.10. The van der Waals surface area contributed by atoms with E-state index < -0.39 is 23.3 Å². The second-order valence-electron chi connectivity index (χ2n) is 5.67. The molecular formula is C17H26O6. The first-order valence-electron chi connectivity index (χ1n) is 7.55. The third-order valence-electron chi connectivity index (χ3n) is 3.51. The van der Waals surface area contributed by atoms with Crippen molar-refractivity contribution in [1.29, 1.82) is 0 Å². The minimum absolute atomic E-state index is 0.0214. The van der Waals surface area contributed by atoms with Gasteiger partial charge in [-0.05, 0) is 33.1 Å². The number of carboxylic acid groups (broad SMARTS) is 1. The standard InChI is InChI=1S/C17H26O6/c1-6-7-17(16(20)21,8-10-22-14(18)12(2)3)9-11-23-15(19)13(4)5/h2,4,6-11H2,1,3,5H3,(H,20,21). The summed E-state index contributed by atoms with van der Waals surface area (Å²) in [5.74, 6) is -2.08. The van der Waals surface area contributed by atoms with Crippen molar-refractivity contribution in [2.75, 3.05) is 13.2 Å². The van der Waals surface area contributed by atoms with E-state index in [0.29, 0.717) is 12.8 Å². The second kappa shape index (κ2) is 9.82. The summed E-state index contributed by atoms with van der Waals surface area (Å²) in [7, 11) is 0. The highest BCUT2D eigenvalue weighted by molar-refractivity contribution is 5.87. The number of ether oxygens (including phenoxy) is 2. The summed E-state index contributed by atoms with van der Waals surface area (Å²) in [5.41, 5.74) is -0.576. The lowest BCUT2D eigenvalue weighted by Crippen LogP contribution is -2.34. The van der Waals surface area contributed by atoms with Gasteiger partial charge in [-0.2, -0.15) is 0 Å². The van der Waals surface area contributed by atoms with Gasteiger partial charge in [0, 0.05) is 11.1 Å². The molecule has 23 heavy (non-hydrogen) atoms. The van der Waals surface area contributed by atoms with Gasteiger partial charge in [0.25, 0.3) is 0 Å². The molecule has 0 aromatic carbocycles. The Balaban J connectivity index is 4.78. The third-order valence-corrected chi connectivity index (χ3v) is 3.51. The minimum Gasteiger partial charge on any atom is -0.481 e. The van der Waals surface area contributed by atoms with E-state index in [1.54, 1.807) is 0 Å². The summed E-state index contributed by atoms with van der Waals surface area (Å²) >= 11 is 0. The molecule has 0 saturated carbocycles. The van der Waals surface area contributed by atoms with Crippen molar-refractivity contribution in [3.8, 4) is 0 Å². The normalized spacial score (nSPS) is 10.7. The van der Waals surface area contributed by atoms with Crippen LogP contribution < -0.4 is 0 Å². The van der Waals surface area contributed by atoms with Crippen molar-refractivity contribution in [2.45, 2.75) is 46.5 Å². The predicted octanol–water partition coefficient (Wildman–Crippen LogP) is 2.88. The molecule has 0 atom stereocenters. The largest absolute Gasteiger partial charge is 0.481 e. The van der Waals surface area contributed by atoms with Crippen molar-refractivity contribution in [2.24, 2.45) is 5.41 Å². The van der Waals surface area contributed by atoms with Gasteiger partial charge >= 0.3 is 17.9 Å². The van der Waals surface area contributed by atoms with Gasteiger partial charge in [0.1, 0.15) is 0 Å². The number of hydrogen-bond acceptors (Lipinski definition) is 5. The number of rotatable bonds is 11. The van der Waals surface area contributed by atoms with E-state index in [9.17, 15) is 19.5 Å². The number of hydrogen-bond donors (Lipinski definition) is 1. The van der Waals surface area contributed by atoms with Gasteiger partial charge in [0.15, 0.2) is 0 Å². The molecule has 0 aliphatic carbocycles. The Morgan fingerprint density at radius 1 is 0.913 bits per heavy atom. The van der Waals surface area contributed by atoms with E-state index in [0.717, 1.165) is 0 Å². The lowest BCUT2D eigenvalue weighted by atomic mass is 9.77. The van der Waals surface area contributed by atoms with E-state index in [1.165, 1.54) is 13.8 Å². The van der Waals surface area contributed by atoms with Crippen LogP contribution in [0.25, 0.3) is 0 Å². The molecule has 0 aromatic rings. The Morgan fingerprint density at radius 3 is 1.57 bits per heavy atom. The molecule has 0 aliphatic heterocycles. The van der Waals surface area contributed by atoms with E-state index in [-0.39, 0.29) is 37.2 Å². The van der Waals surface area contributed by atoms with Gasteiger partial charge in [-0.3, -0.25) is 4.79 Å². The number of carbonyl (C=O) groups is 3. The van der Waals surface area contributed by atoms with E-state index >= 15 is 0 Å². The SMILES string of the molecule is C=C(C)C(=O)OCCC(CCC)(CCOC(=O)C(=C)C)C(=O)O. The fourth-order valence-corrected chi connectivity index (χ4v) is 2.10. The van der Waals surface area contributed by atoms with Gasteiger partial charge in [0.2, 0.25) is 0 Å². The molecule has 6 heteroatoms. The maximum Gasteiger partial charge on any atom is 0.333 e. The molecule has 0 rings (SSSR count). The molecule has 1 N–H and O–H groups in total. The molecule has 130 valence electrons. The van der Waals surface area contributed by atoms with Gasteiger partial charge in [-0.25, -0.2) is 9.59 Å². The van der Waals surface area contributed by atoms with Crippen LogP contribution in [-0.2, 0) is 23.9 Å². The van der Waals surface area contributed by atoms with Gasteiger partial charge in [-0.1, -0.05) is 26.5 Å². The van der Waals surface area contributed by atoms with Crippen LogP contribution in [0.2, 0.25) is 0 Å². The summed E-state index contributed by atoms with van der Waals surface area (Å²) in [5, 5.41) is 9.59. The van der Waals surface area contributed by atoms with Crippen LogP contribution in [0.3, 0.4) is 0 Å². The smallest absolute Gasteiger partial charge is 0.333 e. The van der Waals surface area contributed by atoms with Crippen LogP contribution in [-0.4, -0.2) is 36.2 Å². The monoisotopic (exact) mass is 326 g/mol. The zero-order valence-corrected chi connectivity index (χ0v) is 14.1. The Bertz CT molecular complexity index is 445. The average molecular weight is 326 g/mol. The molecule has 6 nitrogen and oxygen atoms in total. The van der Waals surface area contributed by atoms with Crippen molar-refractivity contribution >= 4 is 17.9 Å². The fraction of sp³-hybridized carbons (Fsp3) is 0.588. The van der Waals surface area contributed by atoms with Crippen molar-refractivity contribution in [3.63, 3.8) is 0 Å². The van der Waals surface area contributed by atoms with E-state index in [2.05, 4.69) is 13.2 Å². The maximum atomic E-state index is 11.7. The Hall–Kier alpha value is -2.11. The molecule has 0 amide bonds. The number of carboxylic acids is 1. The average Bonchev–Trinajstić information content (AvgIpc) is 2.46. The lowest BCUT2D eigenvalue weighted by Gasteiger charge is -2.28. The van der Waals surface area contributed by atoms with Crippen molar-refractivity contribution in [1.82, 2.24) is 0 Å². The van der Waals surface area contributed by atoms with Crippen LogP contribution in [0, 0.1) is 5.41 Å². The molecule has 0 unspecified atom stereocenters. The highest BCUT2D eigenvalue weighted by atomic mass is 16.5. The molecule has 0 heterocycles. The summed E-state index contributed by atoms with van der Waals surface area (Å²) < 4.78 is 9.99. The first-order valence-corrected chi connectivity index (χ1v) is 7.55. The molecule has 0 spiro atoms. The van der Waals surface area contributed by atoms with E-state index in [4.69, 9.17) is 9.47 Å². The predicted molar refractivity (Wildman–Crippen MR) is 85.8 cm³/mol. The zero-order valence-electron chi connectivity index (χ0n) is 14.1. The molecule has 0 aliphatic rings. The molecule has 0 radical (unpaired) electrons. The zero-order chi connectivity index (χ0) is 18.0. The van der Waals surface area contributed by atoms with Gasteiger partial charge in [0.05, 0.1) is 18.6 Å². The lowest BCUT2D eigenvalue weighted by molar-refractivity contribution is -0.156. The van der Waals surface area contributed by atoms with Crippen LogP contribution in [0.4, 0.5) is 0 Å². The Kier molecular flexibility index (Phi) is 8.92. The fourth-order valence-electron chi connectivity index (χ4n) is 2.10. The van der Waals surface area contributed by atoms with Crippen LogP contribution in [0.5, 0.6) is 0 Å². The molecule has 0 aromatic heterocycles. The maximum absolute atomic E-state index is 11.7. The van der Waals surface area contributed by atoms with E-state index in [1.807, 2.05) is 6.92 Å². The third kappa shape index (κ3) is 7.13. The molecule has 0 bridgehead atoms. The highest BCUT2D eigenvalue weighted by Gasteiger charge is 2.37. The number of aliphatic carboxylic acids is 1. The summed E-state index contributed by atoms with van der Waals surface area (Å²) in [6.07, 6.45) is 1.35. The summed E-state index contributed by atoms with van der Waals surface area (Å²) in [6.45, 7) is 11.8. The summed E-state index contributed by atoms with van der Waals surface area (Å²) in [6, 6.07) is 0. The van der Waals surface area contributed by atoms with Crippen molar-refractivity contribution < 1.29 is 29.0 Å². The molecule has 0 saturated heterocycles. The number of esters is 2.